The summed E-state index contributed by atoms with van der Waals surface area (Å²) in [5, 5.41) is 2.98. The van der Waals surface area contributed by atoms with E-state index in [1.54, 1.807) is 6.92 Å². The zero-order chi connectivity index (χ0) is 14.5. The molecular weight excluding hydrogens is 266 g/mol. The summed E-state index contributed by atoms with van der Waals surface area (Å²) in [6.07, 6.45) is 2.04. The van der Waals surface area contributed by atoms with Crippen molar-refractivity contribution in [1.29, 1.82) is 0 Å². The number of nitrogens with one attached hydrogen (secondary N) is 1. The molecule has 19 heavy (non-hydrogen) atoms. The van der Waals surface area contributed by atoms with Crippen LogP contribution < -0.4 is 11.1 Å². The first-order chi connectivity index (χ1) is 8.90. The molecule has 0 aromatic heterocycles. The van der Waals surface area contributed by atoms with E-state index in [1.807, 2.05) is 6.92 Å². The van der Waals surface area contributed by atoms with E-state index in [4.69, 9.17) is 5.73 Å². The van der Waals surface area contributed by atoms with Crippen LogP contribution in [0.4, 0.5) is 0 Å². The SMILES string of the molecule is CCS(=O)(=O)N1CCC(NC(=O)C(C)CCN)CC1. The number of carbonyl (C=O) groups is 1. The molecule has 0 aromatic rings. The number of nitrogens with two attached hydrogens (primary N) is 1. The molecule has 0 aliphatic carbocycles. The number of nitrogens with zero attached hydrogens (tertiary/aromatic N) is 1. The fraction of sp³-hybridized carbons (Fsp3) is 0.917. The van der Waals surface area contributed by atoms with Crippen LogP contribution in [0.3, 0.4) is 0 Å². The molecule has 1 unspecified atom stereocenters. The van der Waals surface area contributed by atoms with Crippen LogP contribution in [0.1, 0.15) is 33.1 Å². The van der Waals surface area contributed by atoms with Crippen LogP contribution in [0.15, 0.2) is 0 Å². The summed E-state index contributed by atoms with van der Waals surface area (Å²) in [6, 6.07) is 0.0797. The van der Waals surface area contributed by atoms with Gasteiger partial charge in [0.1, 0.15) is 0 Å². The largest absolute Gasteiger partial charge is 0.353 e. The summed E-state index contributed by atoms with van der Waals surface area (Å²) in [4.78, 5) is 11.8. The second-order valence-corrected chi connectivity index (χ2v) is 7.32. The molecule has 1 amide bonds. The maximum absolute atomic E-state index is 11.8. The predicted octanol–water partition coefficient (Wildman–Crippen LogP) is -0.0984. The number of rotatable bonds is 6. The molecule has 7 heteroatoms. The summed E-state index contributed by atoms with van der Waals surface area (Å²) < 4.78 is 24.9. The number of amides is 1. The third-order valence-electron chi connectivity index (χ3n) is 3.61. The van der Waals surface area contributed by atoms with Gasteiger partial charge in [-0.15, -0.1) is 0 Å². The van der Waals surface area contributed by atoms with Crippen LogP contribution in [0.25, 0.3) is 0 Å². The van der Waals surface area contributed by atoms with Gasteiger partial charge in [-0.3, -0.25) is 4.79 Å². The van der Waals surface area contributed by atoms with E-state index >= 15 is 0 Å². The fourth-order valence-corrected chi connectivity index (χ4v) is 3.32. The first-order valence-corrected chi connectivity index (χ1v) is 8.50. The lowest BCUT2D eigenvalue weighted by Crippen LogP contribution is -2.48. The Hall–Kier alpha value is -0.660. The van der Waals surface area contributed by atoms with Gasteiger partial charge >= 0.3 is 0 Å². The minimum absolute atomic E-state index is 0.0160. The van der Waals surface area contributed by atoms with E-state index < -0.39 is 10.0 Å². The van der Waals surface area contributed by atoms with Crippen LogP contribution in [0.5, 0.6) is 0 Å². The molecule has 0 saturated carbocycles. The second-order valence-electron chi connectivity index (χ2n) is 5.06. The average molecular weight is 291 g/mol. The smallest absolute Gasteiger partial charge is 0.223 e. The van der Waals surface area contributed by atoms with Crippen LogP contribution in [-0.2, 0) is 14.8 Å². The molecule has 1 rings (SSSR count). The van der Waals surface area contributed by atoms with E-state index in [-0.39, 0.29) is 23.6 Å². The quantitative estimate of drug-likeness (QED) is 0.715. The Morgan fingerprint density at radius 2 is 2.00 bits per heavy atom. The molecule has 0 spiro atoms. The number of carbonyl (C=O) groups excluding carboxylic acids is 1. The first kappa shape index (κ1) is 16.4. The van der Waals surface area contributed by atoms with Gasteiger partial charge in [0.25, 0.3) is 0 Å². The molecule has 0 radical (unpaired) electrons. The van der Waals surface area contributed by atoms with E-state index in [0.717, 1.165) is 0 Å². The summed E-state index contributed by atoms with van der Waals surface area (Å²) in [5.74, 6) is 0.0713. The molecule has 1 saturated heterocycles. The normalized spacial score (nSPS) is 20.2. The first-order valence-electron chi connectivity index (χ1n) is 6.89. The predicted molar refractivity (Wildman–Crippen MR) is 75.0 cm³/mol. The minimum atomic E-state index is -3.09. The van der Waals surface area contributed by atoms with E-state index in [9.17, 15) is 13.2 Å². The molecule has 1 aliphatic rings. The van der Waals surface area contributed by atoms with Crippen molar-refractivity contribution in [3.63, 3.8) is 0 Å². The Bertz CT molecular complexity index is 389. The highest BCUT2D eigenvalue weighted by atomic mass is 32.2. The monoisotopic (exact) mass is 291 g/mol. The van der Waals surface area contributed by atoms with E-state index in [1.165, 1.54) is 4.31 Å². The Kier molecular flexibility index (Phi) is 6.22. The van der Waals surface area contributed by atoms with Crippen molar-refractivity contribution in [2.75, 3.05) is 25.4 Å². The van der Waals surface area contributed by atoms with Gasteiger partial charge in [0.15, 0.2) is 0 Å². The Morgan fingerprint density at radius 3 is 2.47 bits per heavy atom. The van der Waals surface area contributed by atoms with Crippen LogP contribution in [0.2, 0.25) is 0 Å². The summed E-state index contributed by atoms with van der Waals surface area (Å²) in [6.45, 7) is 5.00. The van der Waals surface area contributed by atoms with Gasteiger partial charge in [-0.05, 0) is 32.7 Å². The van der Waals surface area contributed by atoms with Crippen molar-refractivity contribution < 1.29 is 13.2 Å². The summed E-state index contributed by atoms with van der Waals surface area (Å²) in [5.41, 5.74) is 5.43. The number of piperidine rings is 1. The Labute approximate surface area is 115 Å². The number of hydrogen-bond acceptors (Lipinski definition) is 4. The minimum Gasteiger partial charge on any atom is -0.353 e. The second kappa shape index (κ2) is 7.21. The van der Waals surface area contributed by atoms with Crippen molar-refractivity contribution in [2.24, 2.45) is 11.7 Å². The van der Waals surface area contributed by atoms with Crippen molar-refractivity contribution in [2.45, 2.75) is 39.2 Å². The van der Waals surface area contributed by atoms with Crippen molar-refractivity contribution >= 4 is 15.9 Å². The van der Waals surface area contributed by atoms with Gasteiger partial charge in [0.05, 0.1) is 5.75 Å². The molecule has 112 valence electrons. The van der Waals surface area contributed by atoms with Gasteiger partial charge < -0.3 is 11.1 Å². The van der Waals surface area contributed by atoms with Gasteiger partial charge in [-0.25, -0.2) is 12.7 Å². The standard InChI is InChI=1S/C12H25N3O3S/c1-3-19(17,18)15-8-5-11(6-9-15)14-12(16)10(2)4-7-13/h10-11H,3-9,13H2,1-2H3,(H,14,16). The van der Waals surface area contributed by atoms with Gasteiger partial charge in [-0.2, -0.15) is 0 Å². The lowest BCUT2D eigenvalue weighted by Gasteiger charge is -2.31. The molecular formula is C12H25N3O3S. The van der Waals surface area contributed by atoms with Crippen LogP contribution in [0, 0.1) is 5.92 Å². The number of sulfonamides is 1. The van der Waals surface area contributed by atoms with Crippen LogP contribution in [-0.4, -0.2) is 50.1 Å². The van der Waals surface area contributed by atoms with Gasteiger partial charge in [-0.1, -0.05) is 6.92 Å². The van der Waals surface area contributed by atoms with E-state index in [0.29, 0.717) is 38.9 Å². The third-order valence-corrected chi connectivity index (χ3v) is 5.49. The lowest BCUT2D eigenvalue weighted by atomic mass is 10.0. The zero-order valence-electron chi connectivity index (χ0n) is 11.8. The fourth-order valence-electron chi connectivity index (χ4n) is 2.19. The zero-order valence-corrected chi connectivity index (χ0v) is 12.6. The number of hydrogen-bond donors (Lipinski definition) is 2. The molecule has 0 aromatic carbocycles. The van der Waals surface area contributed by atoms with Crippen molar-refractivity contribution in [1.82, 2.24) is 9.62 Å². The summed E-state index contributed by atoms with van der Waals surface area (Å²) in [7, 11) is -3.09. The highest BCUT2D eigenvalue weighted by Gasteiger charge is 2.27. The van der Waals surface area contributed by atoms with Crippen molar-refractivity contribution in [3.8, 4) is 0 Å². The topological polar surface area (TPSA) is 92.5 Å². The molecule has 1 heterocycles. The molecule has 6 nitrogen and oxygen atoms in total. The Balaban J connectivity index is 2.41. The average Bonchev–Trinajstić information content (AvgIpc) is 2.39. The van der Waals surface area contributed by atoms with Gasteiger partial charge in [0.2, 0.25) is 15.9 Å². The van der Waals surface area contributed by atoms with E-state index in [2.05, 4.69) is 5.32 Å². The maximum atomic E-state index is 11.8. The molecule has 1 fully saturated rings. The Morgan fingerprint density at radius 1 is 1.42 bits per heavy atom. The van der Waals surface area contributed by atoms with Crippen LogP contribution >= 0.6 is 0 Å². The van der Waals surface area contributed by atoms with Crippen molar-refractivity contribution in [3.05, 3.63) is 0 Å². The summed E-state index contributed by atoms with van der Waals surface area (Å²) >= 11 is 0. The molecule has 1 atom stereocenters. The highest BCUT2D eigenvalue weighted by Crippen LogP contribution is 2.15. The molecule has 3 N–H and O–H groups in total. The maximum Gasteiger partial charge on any atom is 0.223 e. The lowest BCUT2D eigenvalue weighted by molar-refractivity contribution is -0.125. The third kappa shape index (κ3) is 4.74. The molecule has 0 bridgehead atoms. The molecule has 1 aliphatic heterocycles. The van der Waals surface area contributed by atoms with Gasteiger partial charge in [0, 0.05) is 25.0 Å². The highest BCUT2D eigenvalue weighted by molar-refractivity contribution is 7.89.